The molecule has 0 amide bonds. The molecule has 0 saturated carbocycles. The summed E-state index contributed by atoms with van der Waals surface area (Å²) in [7, 11) is 0. The Morgan fingerprint density at radius 1 is 1.43 bits per heavy atom. The topological polar surface area (TPSA) is 52.0 Å². The van der Waals surface area contributed by atoms with Crippen molar-refractivity contribution in [3.05, 3.63) is 35.8 Å². The normalized spacial score (nSPS) is 10.4. The average Bonchev–Trinajstić information content (AvgIpc) is 2.46. The first kappa shape index (κ1) is 8.74. The molecule has 1 aromatic heterocycles. The number of hydrogen-bond acceptors (Lipinski definition) is 3. The highest BCUT2D eigenvalue weighted by molar-refractivity contribution is 5.74. The monoisotopic (exact) mass is 192 g/mol. The van der Waals surface area contributed by atoms with Gasteiger partial charge in [0.25, 0.3) is 0 Å². The van der Waals surface area contributed by atoms with E-state index in [-0.39, 0.29) is 11.7 Å². The summed E-state index contributed by atoms with van der Waals surface area (Å²) in [5.74, 6) is -0.0874. The number of halogens is 1. The largest absolute Gasteiger partial charge is 0.367 e. The van der Waals surface area contributed by atoms with Crippen LogP contribution in [0.25, 0.3) is 11.1 Å². The van der Waals surface area contributed by atoms with E-state index < -0.39 is 0 Å². The van der Waals surface area contributed by atoms with Crippen LogP contribution in [0.2, 0.25) is 0 Å². The lowest BCUT2D eigenvalue weighted by atomic mass is 10.1. The number of nitrogen functional groups attached to an aromatic ring is 1. The van der Waals surface area contributed by atoms with E-state index >= 15 is 0 Å². The van der Waals surface area contributed by atoms with E-state index in [0.29, 0.717) is 16.8 Å². The van der Waals surface area contributed by atoms with Crippen LogP contribution in [-0.4, -0.2) is 5.16 Å². The molecular weight excluding hydrogens is 183 g/mol. The molecular formula is C10H9FN2O. The molecule has 1 heterocycles. The van der Waals surface area contributed by atoms with E-state index in [9.17, 15) is 4.39 Å². The van der Waals surface area contributed by atoms with E-state index in [0.717, 1.165) is 0 Å². The van der Waals surface area contributed by atoms with Gasteiger partial charge in [0.05, 0.1) is 11.3 Å². The fourth-order valence-electron chi connectivity index (χ4n) is 1.38. The highest BCUT2D eigenvalue weighted by atomic mass is 19.1. The van der Waals surface area contributed by atoms with E-state index in [2.05, 4.69) is 5.16 Å². The summed E-state index contributed by atoms with van der Waals surface area (Å²) >= 11 is 0. The number of rotatable bonds is 1. The van der Waals surface area contributed by atoms with Crippen LogP contribution in [0.1, 0.15) is 5.69 Å². The minimum atomic E-state index is -0.303. The number of aromatic nitrogens is 1. The number of hydrogen-bond donors (Lipinski definition) is 1. The molecule has 2 aromatic rings. The van der Waals surface area contributed by atoms with E-state index in [1.807, 2.05) is 0 Å². The van der Waals surface area contributed by atoms with Crippen LogP contribution >= 0.6 is 0 Å². The van der Waals surface area contributed by atoms with Gasteiger partial charge in [0, 0.05) is 0 Å². The molecule has 0 radical (unpaired) electrons. The van der Waals surface area contributed by atoms with Crippen molar-refractivity contribution < 1.29 is 8.91 Å². The number of nitrogens with two attached hydrogens (primary N) is 1. The third kappa shape index (κ3) is 1.35. The van der Waals surface area contributed by atoms with Crippen molar-refractivity contribution in [3.63, 3.8) is 0 Å². The Kier molecular flexibility index (Phi) is 1.96. The molecule has 0 aliphatic rings. The van der Waals surface area contributed by atoms with Crippen molar-refractivity contribution in [1.82, 2.24) is 5.16 Å². The zero-order valence-electron chi connectivity index (χ0n) is 7.62. The lowest BCUT2D eigenvalue weighted by Gasteiger charge is -1.98. The average molecular weight is 192 g/mol. The molecule has 1 aromatic carbocycles. The molecule has 0 bridgehead atoms. The van der Waals surface area contributed by atoms with Gasteiger partial charge in [0.1, 0.15) is 5.82 Å². The molecule has 0 saturated heterocycles. The summed E-state index contributed by atoms with van der Waals surface area (Å²) in [5.41, 5.74) is 7.57. The second kappa shape index (κ2) is 3.14. The molecule has 2 rings (SSSR count). The number of benzene rings is 1. The van der Waals surface area contributed by atoms with Crippen molar-refractivity contribution in [2.45, 2.75) is 6.92 Å². The van der Waals surface area contributed by atoms with Crippen molar-refractivity contribution >= 4 is 5.88 Å². The lowest BCUT2D eigenvalue weighted by Crippen LogP contribution is -1.87. The highest BCUT2D eigenvalue weighted by Gasteiger charge is 2.12. The molecule has 2 N–H and O–H groups in total. The standard InChI is InChI=1S/C10H9FN2O/c1-6-9(10(12)14-13-6)7-3-2-4-8(11)5-7/h2-5H,12H2,1H3. The predicted octanol–water partition coefficient (Wildman–Crippen LogP) is 2.37. The molecule has 4 heteroatoms. The summed E-state index contributed by atoms with van der Waals surface area (Å²) in [5, 5.41) is 3.70. The van der Waals surface area contributed by atoms with Crippen LogP contribution in [0.4, 0.5) is 10.3 Å². The van der Waals surface area contributed by atoms with Gasteiger partial charge >= 0.3 is 0 Å². The molecule has 0 aliphatic heterocycles. The fourth-order valence-corrected chi connectivity index (χ4v) is 1.38. The smallest absolute Gasteiger partial charge is 0.230 e. The molecule has 0 unspecified atom stereocenters. The second-order valence-electron chi connectivity index (χ2n) is 3.02. The van der Waals surface area contributed by atoms with Crippen LogP contribution in [0.15, 0.2) is 28.8 Å². The van der Waals surface area contributed by atoms with E-state index in [4.69, 9.17) is 10.3 Å². The third-order valence-electron chi connectivity index (χ3n) is 2.00. The highest BCUT2D eigenvalue weighted by Crippen LogP contribution is 2.29. The number of aryl methyl sites for hydroxylation is 1. The molecule has 0 aliphatic carbocycles. The van der Waals surface area contributed by atoms with Gasteiger partial charge in [0.2, 0.25) is 5.88 Å². The maximum atomic E-state index is 12.9. The Bertz CT molecular complexity index is 445. The molecule has 0 fully saturated rings. The van der Waals surface area contributed by atoms with Gasteiger partial charge in [-0.1, -0.05) is 17.3 Å². The Hall–Kier alpha value is -1.84. The second-order valence-corrected chi connectivity index (χ2v) is 3.02. The van der Waals surface area contributed by atoms with Crippen molar-refractivity contribution in [1.29, 1.82) is 0 Å². The van der Waals surface area contributed by atoms with Gasteiger partial charge in [-0.3, -0.25) is 0 Å². The van der Waals surface area contributed by atoms with Gasteiger partial charge in [-0.15, -0.1) is 0 Å². The summed E-state index contributed by atoms with van der Waals surface area (Å²) in [4.78, 5) is 0. The van der Waals surface area contributed by atoms with Crippen LogP contribution in [0.3, 0.4) is 0 Å². The Balaban J connectivity index is 2.59. The fraction of sp³-hybridized carbons (Fsp3) is 0.100. The number of anilines is 1. The van der Waals surface area contributed by atoms with Gasteiger partial charge < -0.3 is 10.3 Å². The van der Waals surface area contributed by atoms with E-state index in [1.54, 1.807) is 19.1 Å². The van der Waals surface area contributed by atoms with Crippen LogP contribution in [-0.2, 0) is 0 Å². The summed E-state index contributed by atoms with van der Waals surface area (Å²) in [6.07, 6.45) is 0. The van der Waals surface area contributed by atoms with Crippen LogP contribution in [0, 0.1) is 12.7 Å². The van der Waals surface area contributed by atoms with Crippen molar-refractivity contribution in [3.8, 4) is 11.1 Å². The summed E-state index contributed by atoms with van der Waals surface area (Å²) < 4.78 is 17.7. The third-order valence-corrected chi connectivity index (χ3v) is 2.00. The zero-order valence-corrected chi connectivity index (χ0v) is 7.62. The van der Waals surface area contributed by atoms with Gasteiger partial charge in [-0.25, -0.2) is 4.39 Å². The first-order valence-corrected chi connectivity index (χ1v) is 4.16. The maximum absolute atomic E-state index is 12.9. The van der Waals surface area contributed by atoms with Crippen molar-refractivity contribution in [2.75, 3.05) is 5.73 Å². The molecule has 3 nitrogen and oxygen atoms in total. The summed E-state index contributed by atoms with van der Waals surface area (Å²) in [6.45, 7) is 1.76. The number of nitrogens with zero attached hydrogens (tertiary/aromatic N) is 1. The Morgan fingerprint density at radius 3 is 2.79 bits per heavy atom. The predicted molar refractivity (Wildman–Crippen MR) is 51.0 cm³/mol. The quantitative estimate of drug-likeness (QED) is 0.754. The zero-order chi connectivity index (χ0) is 10.1. The van der Waals surface area contributed by atoms with E-state index in [1.165, 1.54) is 12.1 Å². The first-order chi connectivity index (χ1) is 6.68. The maximum Gasteiger partial charge on any atom is 0.230 e. The molecule has 72 valence electrons. The molecule has 14 heavy (non-hydrogen) atoms. The summed E-state index contributed by atoms with van der Waals surface area (Å²) in [6, 6.07) is 6.16. The van der Waals surface area contributed by atoms with Crippen molar-refractivity contribution in [2.24, 2.45) is 0 Å². The van der Waals surface area contributed by atoms with Gasteiger partial charge in [0.15, 0.2) is 0 Å². The molecule has 0 spiro atoms. The van der Waals surface area contributed by atoms with Gasteiger partial charge in [-0.05, 0) is 24.6 Å². The van der Waals surface area contributed by atoms with Crippen LogP contribution in [0.5, 0.6) is 0 Å². The minimum Gasteiger partial charge on any atom is -0.367 e. The Morgan fingerprint density at radius 2 is 2.21 bits per heavy atom. The van der Waals surface area contributed by atoms with Gasteiger partial charge in [-0.2, -0.15) is 0 Å². The minimum absolute atomic E-state index is 0.216. The van der Waals surface area contributed by atoms with Crippen LogP contribution < -0.4 is 5.73 Å². The SMILES string of the molecule is Cc1noc(N)c1-c1cccc(F)c1. The Labute approximate surface area is 80.3 Å². The molecule has 0 atom stereocenters. The lowest BCUT2D eigenvalue weighted by molar-refractivity contribution is 0.431. The first-order valence-electron chi connectivity index (χ1n) is 4.16.